The number of carbonyl (C=O) groups is 1. The van der Waals surface area contributed by atoms with Crippen LogP contribution < -0.4 is 19.7 Å². The van der Waals surface area contributed by atoms with Crippen LogP contribution in [0.15, 0.2) is 54.7 Å². The molecular weight excluding hydrogens is 423 g/mol. The van der Waals surface area contributed by atoms with Gasteiger partial charge >= 0.3 is 12.2 Å². The van der Waals surface area contributed by atoms with Crippen LogP contribution in [0.25, 0.3) is 11.3 Å². The number of fused-ring (bicyclic) bond motifs is 1. The van der Waals surface area contributed by atoms with Crippen LogP contribution in [0.1, 0.15) is 11.1 Å². The molecule has 1 N–H and O–H groups in total. The highest BCUT2D eigenvalue weighted by molar-refractivity contribution is 6.03. The summed E-state index contributed by atoms with van der Waals surface area (Å²) in [7, 11) is 2.73. The third-order valence-electron chi connectivity index (χ3n) is 5.24. The molecule has 0 spiro atoms. The molecule has 2 heterocycles. The number of pyridine rings is 1. The van der Waals surface area contributed by atoms with Crippen molar-refractivity contribution < 1.29 is 27.4 Å². The Kier molecular flexibility index (Phi) is 5.65. The molecule has 0 bridgehead atoms. The lowest BCUT2D eigenvalue weighted by Crippen LogP contribution is -2.33. The minimum absolute atomic E-state index is 0.217. The fourth-order valence-corrected chi connectivity index (χ4v) is 3.71. The second kappa shape index (κ2) is 8.41. The van der Waals surface area contributed by atoms with E-state index in [0.29, 0.717) is 34.7 Å². The Morgan fingerprint density at radius 2 is 1.84 bits per heavy atom. The minimum atomic E-state index is -4.60. The molecule has 3 aromatic rings. The van der Waals surface area contributed by atoms with Crippen LogP contribution in [0, 0.1) is 0 Å². The van der Waals surface area contributed by atoms with Crippen LogP contribution in [-0.2, 0) is 12.6 Å². The maximum absolute atomic E-state index is 13.4. The van der Waals surface area contributed by atoms with Crippen LogP contribution in [0.4, 0.5) is 29.3 Å². The summed E-state index contributed by atoms with van der Waals surface area (Å²) in [5.74, 6) is 0.323. The van der Waals surface area contributed by atoms with Crippen molar-refractivity contribution in [2.24, 2.45) is 0 Å². The summed E-state index contributed by atoms with van der Waals surface area (Å²) >= 11 is 0. The molecule has 1 aliphatic heterocycles. The van der Waals surface area contributed by atoms with E-state index in [9.17, 15) is 18.0 Å². The average molecular weight is 443 g/mol. The van der Waals surface area contributed by atoms with Crippen LogP contribution >= 0.6 is 0 Å². The number of rotatable bonds is 4. The zero-order chi connectivity index (χ0) is 22.9. The smallest absolute Gasteiger partial charge is 0.420 e. The van der Waals surface area contributed by atoms with Gasteiger partial charge in [-0.1, -0.05) is 6.07 Å². The molecule has 0 saturated heterocycles. The molecule has 0 unspecified atom stereocenters. The third-order valence-corrected chi connectivity index (χ3v) is 5.24. The normalized spacial score (nSPS) is 13.0. The van der Waals surface area contributed by atoms with Gasteiger partial charge < -0.3 is 14.8 Å². The fourth-order valence-electron chi connectivity index (χ4n) is 3.71. The predicted molar refractivity (Wildman–Crippen MR) is 114 cm³/mol. The number of anilines is 2. The van der Waals surface area contributed by atoms with Crippen LogP contribution in [0.5, 0.6) is 11.5 Å². The predicted octanol–water partition coefficient (Wildman–Crippen LogP) is 5.38. The highest BCUT2D eigenvalue weighted by atomic mass is 19.4. The summed E-state index contributed by atoms with van der Waals surface area (Å²) in [4.78, 5) is 18.6. The van der Waals surface area contributed by atoms with E-state index >= 15 is 0 Å². The lowest BCUT2D eigenvalue weighted by Gasteiger charge is -2.21. The lowest BCUT2D eigenvalue weighted by atomic mass is 10.1. The zero-order valence-corrected chi connectivity index (χ0v) is 17.4. The third kappa shape index (κ3) is 4.05. The van der Waals surface area contributed by atoms with Crippen LogP contribution in [0.2, 0.25) is 0 Å². The van der Waals surface area contributed by atoms with Gasteiger partial charge in [-0.05, 0) is 54.4 Å². The molecular formula is C23H20F3N3O3. The Morgan fingerprint density at radius 3 is 2.50 bits per heavy atom. The van der Waals surface area contributed by atoms with Crippen molar-refractivity contribution in [1.29, 1.82) is 0 Å². The monoisotopic (exact) mass is 443 g/mol. The topological polar surface area (TPSA) is 63.7 Å². The molecule has 32 heavy (non-hydrogen) atoms. The van der Waals surface area contributed by atoms with Gasteiger partial charge in [-0.2, -0.15) is 13.2 Å². The number of nitrogens with one attached hydrogen (secondary N) is 1. The van der Waals surface area contributed by atoms with Gasteiger partial charge in [0.05, 0.1) is 25.5 Å². The molecule has 9 heteroatoms. The number of halogens is 3. The van der Waals surface area contributed by atoms with Crippen molar-refractivity contribution in [3.8, 4) is 22.8 Å². The van der Waals surface area contributed by atoms with Gasteiger partial charge in [-0.25, -0.2) is 4.79 Å². The van der Waals surface area contributed by atoms with E-state index in [2.05, 4.69) is 10.3 Å². The fraction of sp³-hybridized carbons (Fsp3) is 0.217. The number of alkyl halides is 3. The summed E-state index contributed by atoms with van der Waals surface area (Å²) in [6.07, 6.45) is -2.52. The molecule has 0 radical (unpaired) electrons. The number of carbonyl (C=O) groups excluding carboxylic acids is 1. The van der Waals surface area contributed by atoms with E-state index in [1.807, 2.05) is 12.1 Å². The summed E-state index contributed by atoms with van der Waals surface area (Å²) in [5, 5.41) is 2.76. The van der Waals surface area contributed by atoms with Gasteiger partial charge in [0.25, 0.3) is 0 Å². The van der Waals surface area contributed by atoms with Crippen LogP contribution in [-0.4, -0.2) is 31.8 Å². The van der Waals surface area contributed by atoms with E-state index in [0.717, 1.165) is 6.07 Å². The molecule has 4 rings (SSSR count). The van der Waals surface area contributed by atoms with Gasteiger partial charge in [0.15, 0.2) is 0 Å². The summed E-state index contributed by atoms with van der Waals surface area (Å²) in [5.41, 5.74) is 1.73. The SMILES string of the molecule is COc1ccc(NC(=O)N2CCc3cc(OC)c(C(F)(F)F)cc32)cc1-c1ccccn1. The summed E-state index contributed by atoms with van der Waals surface area (Å²) in [6, 6.07) is 12.3. The Balaban J connectivity index is 1.63. The van der Waals surface area contributed by atoms with Gasteiger partial charge in [0, 0.05) is 29.7 Å². The molecule has 2 amide bonds. The van der Waals surface area contributed by atoms with Gasteiger partial charge in [0.2, 0.25) is 0 Å². The van der Waals surface area contributed by atoms with Crippen molar-refractivity contribution >= 4 is 17.4 Å². The maximum Gasteiger partial charge on any atom is 0.420 e. The first kappa shape index (κ1) is 21.5. The van der Waals surface area contributed by atoms with Crippen molar-refractivity contribution in [3.05, 3.63) is 65.9 Å². The maximum atomic E-state index is 13.4. The van der Waals surface area contributed by atoms with E-state index in [4.69, 9.17) is 9.47 Å². The number of urea groups is 1. The number of benzene rings is 2. The highest BCUT2D eigenvalue weighted by Crippen LogP contribution is 2.42. The van der Waals surface area contributed by atoms with Gasteiger partial charge in [-0.3, -0.25) is 9.88 Å². The first-order valence-electron chi connectivity index (χ1n) is 9.78. The summed E-state index contributed by atoms with van der Waals surface area (Å²) in [6.45, 7) is 0.259. The molecule has 0 aliphatic carbocycles. The first-order chi connectivity index (χ1) is 15.3. The number of amides is 2. The lowest BCUT2D eigenvalue weighted by molar-refractivity contribution is -0.138. The Labute approximate surface area is 182 Å². The number of nitrogens with zero attached hydrogens (tertiary/aromatic N) is 2. The quantitative estimate of drug-likeness (QED) is 0.588. The second-order valence-corrected chi connectivity index (χ2v) is 7.14. The number of methoxy groups -OCH3 is 2. The minimum Gasteiger partial charge on any atom is -0.496 e. The first-order valence-corrected chi connectivity index (χ1v) is 9.78. The number of ether oxygens (including phenoxy) is 2. The molecule has 1 aliphatic rings. The zero-order valence-electron chi connectivity index (χ0n) is 17.4. The van der Waals surface area contributed by atoms with E-state index in [1.165, 1.54) is 25.2 Å². The number of aromatic nitrogens is 1. The molecule has 6 nitrogen and oxygen atoms in total. The number of hydrogen-bond acceptors (Lipinski definition) is 4. The molecule has 0 fully saturated rings. The van der Waals surface area contributed by atoms with Crippen LogP contribution in [0.3, 0.4) is 0 Å². The number of hydrogen-bond donors (Lipinski definition) is 1. The summed E-state index contributed by atoms with van der Waals surface area (Å²) < 4.78 is 50.6. The van der Waals surface area contributed by atoms with Crippen molar-refractivity contribution in [3.63, 3.8) is 0 Å². The Hall–Kier alpha value is -3.75. The Morgan fingerprint density at radius 1 is 1.06 bits per heavy atom. The van der Waals surface area contributed by atoms with Crippen molar-refractivity contribution in [1.82, 2.24) is 4.98 Å². The molecule has 166 valence electrons. The standard InChI is InChI=1S/C23H20F3N3O3/c1-31-20-7-6-15(12-16(20)18-5-3-4-9-27-18)28-22(30)29-10-8-14-11-21(32-2)17(13-19(14)29)23(24,25)26/h3-7,9,11-13H,8,10H2,1-2H3,(H,28,30). The van der Waals surface area contributed by atoms with E-state index in [-0.39, 0.29) is 18.0 Å². The van der Waals surface area contributed by atoms with Crippen molar-refractivity contribution in [2.75, 3.05) is 31.0 Å². The average Bonchev–Trinajstić information content (AvgIpc) is 3.21. The van der Waals surface area contributed by atoms with Gasteiger partial charge in [-0.15, -0.1) is 0 Å². The molecule has 1 aromatic heterocycles. The van der Waals surface area contributed by atoms with E-state index in [1.54, 1.807) is 30.5 Å². The van der Waals surface area contributed by atoms with E-state index < -0.39 is 17.8 Å². The van der Waals surface area contributed by atoms with Gasteiger partial charge in [0.1, 0.15) is 11.5 Å². The second-order valence-electron chi connectivity index (χ2n) is 7.14. The molecule has 2 aromatic carbocycles. The molecule has 0 atom stereocenters. The highest BCUT2D eigenvalue weighted by Gasteiger charge is 2.37. The van der Waals surface area contributed by atoms with Crippen molar-refractivity contribution in [2.45, 2.75) is 12.6 Å². The molecule has 0 saturated carbocycles. The largest absolute Gasteiger partial charge is 0.496 e. The Bertz CT molecular complexity index is 1150.